The number of alkyl carbamates (subject to hydrolysis) is 1. The predicted molar refractivity (Wildman–Crippen MR) is 77.0 cm³/mol. The Morgan fingerprint density at radius 3 is 2.25 bits per heavy atom. The van der Waals surface area contributed by atoms with E-state index in [2.05, 4.69) is 5.32 Å². The standard InChI is InChI=1S/C14H28N2O4/c1-8-10(2)11(9-12(17)16(6)19-7)15-13(18)20-14(3,4)5/h10-11H,8-9H2,1-7H3,(H,15,18)/t10-,11-/m0/s1. The highest BCUT2D eigenvalue weighted by Crippen LogP contribution is 2.14. The van der Waals surface area contributed by atoms with Crippen LogP contribution in [0.4, 0.5) is 4.79 Å². The molecule has 0 heterocycles. The average molecular weight is 288 g/mol. The van der Waals surface area contributed by atoms with Crippen LogP contribution in [0.15, 0.2) is 0 Å². The highest BCUT2D eigenvalue weighted by Gasteiger charge is 2.25. The van der Waals surface area contributed by atoms with Gasteiger partial charge >= 0.3 is 6.09 Å². The number of nitrogens with one attached hydrogen (secondary N) is 1. The lowest BCUT2D eigenvalue weighted by Gasteiger charge is -2.27. The molecule has 2 amide bonds. The Labute approximate surface area is 121 Å². The number of carbonyl (C=O) groups is 2. The summed E-state index contributed by atoms with van der Waals surface area (Å²) < 4.78 is 5.23. The number of hydrogen-bond acceptors (Lipinski definition) is 4. The molecule has 0 aromatic rings. The zero-order chi connectivity index (χ0) is 15.9. The van der Waals surface area contributed by atoms with Crippen molar-refractivity contribution < 1.29 is 19.2 Å². The van der Waals surface area contributed by atoms with Crippen LogP contribution >= 0.6 is 0 Å². The summed E-state index contributed by atoms with van der Waals surface area (Å²) in [4.78, 5) is 28.6. The van der Waals surface area contributed by atoms with Crippen LogP contribution in [-0.2, 0) is 14.4 Å². The van der Waals surface area contributed by atoms with Gasteiger partial charge in [0.2, 0.25) is 5.91 Å². The number of ether oxygens (including phenoxy) is 1. The molecule has 0 bridgehead atoms. The molecule has 0 saturated heterocycles. The summed E-state index contributed by atoms with van der Waals surface area (Å²) in [6, 6.07) is -0.278. The van der Waals surface area contributed by atoms with Crippen molar-refractivity contribution in [2.75, 3.05) is 14.2 Å². The molecule has 0 aliphatic carbocycles. The van der Waals surface area contributed by atoms with Crippen molar-refractivity contribution >= 4 is 12.0 Å². The van der Waals surface area contributed by atoms with E-state index in [4.69, 9.17) is 9.57 Å². The van der Waals surface area contributed by atoms with Crippen molar-refractivity contribution in [1.82, 2.24) is 10.4 Å². The van der Waals surface area contributed by atoms with Crippen molar-refractivity contribution in [3.8, 4) is 0 Å². The highest BCUT2D eigenvalue weighted by molar-refractivity contribution is 5.76. The second-order valence-corrected chi connectivity index (χ2v) is 5.92. The molecule has 2 atom stereocenters. The summed E-state index contributed by atoms with van der Waals surface area (Å²) in [5.74, 6) is -0.0226. The molecule has 0 radical (unpaired) electrons. The summed E-state index contributed by atoms with van der Waals surface area (Å²) in [5, 5.41) is 3.93. The Kier molecular flexibility index (Phi) is 7.57. The average Bonchev–Trinajstić information content (AvgIpc) is 2.33. The van der Waals surface area contributed by atoms with Crippen LogP contribution in [-0.4, -0.2) is 42.9 Å². The molecule has 0 aromatic heterocycles. The van der Waals surface area contributed by atoms with Crippen LogP contribution in [0.1, 0.15) is 47.5 Å². The second-order valence-electron chi connectivity index (χ2n) is 5.92. The number of nitrogens with zero attached hydrogens (tertiary/aromatic N) is 1. The summed E-state index contributed by atoms with van der Waals surface area (Å²) >= 11 is 0. The fourth-order valence-electron chi connectivity index (χ4n) is 1.56. The van der Waals surface area contributed by atoms with Crippen LogP contribution in [0.5, 0.6) is 0 Å². The maximum absolute atomic E-state index is 11.9. The van der Waals surface area contributed by atoms with Crippen molar-refractivity contribution in [2.45, 2.75) is 59.1 Å². The zero-order valence-electron chi connectivity index (χ0n) is 13.6. The first-order valence-corrected chi connectivity index (χ1v) is 6.90. The lowest BCUT2D eigenvalue weighted by atomic mass is 9.96. The molecular weight excluding hydrogens is 260 g/mol. The van der Waals surface area contributed by atoms with Gasteiger partial charge in [0.25, 0.3) is 0 Å². The van der Waals surface area contributed by atoms with Crippen LogP contribution in [0.2, 0.25) is 0 Å². The summed E-state index contributed by atoms with van der Waals surface area (Å²) in [6.07, 6.45) is 0.527. The maximum atomic E-state index is 11.9. The number of hydrogen-bond donors (Lipinski definition) is 1. The van der Waals surface area contributed by atoms with E-state index in [0.29, 0.717) is 0 Å². The van der Waals surface area contributed by atoms with E-state index in [-0.39, 0.29) is 24.3 Å². The van der Waals surface area contributed by atoms with E-state index in [1.54, 1.807) is 27.8 Å². The van der Waals surface area contributed by atoms with E-state index >= 15 is 0 Å². The van der Waals surface area contributed by atoms with Gasteiger partial charge in [-0.3, -0.25) is 9.63 Å². The molecule has 0 saturated carbocycles. The van der Waals surface area contributed by atoms with Crippen molar-refractivity contribution in [3.05, 3.63) is 0 Å². The first-order valence-electron chi connectivity index (χ1n) is 6.90. The van der Waals surface area contributed by atoms with Crippen LogP contribution in [0.3, 0.4) is 0 Å². The lowest BCUT2D eigenvalue weighted by Crippen LogP contribution is -2.45. The molecule has 0 aliphatic heterocycles. The van der Waals surface area contributed by atoms with E-state index in [1.165, 1.54) is 7.11 Å². The largest absolute Gasteiger partial charge is 0.444 e. The van der Waals surface area contributed by atoms with Crippen LogP contribution < -0.4 is 5.32 Å². The number of rotatable bonds is 6. The van der Waals surface area contributed by atoms with Gasteiger partial charge < -0.3 is 10.1 Å². The summed E-state index contributed by atoms with van der Waals surface area (Å²) in [7, 11) is 2.97. The molecular formula is C14H28N2O4. The van der Waals surface area contributed by atoms with Gasteiger partial charge in [-0.1, -0.05) is 20.3 Å². The predicted octanol–water partition coefficient (Wildman–Crippen LogP) is 2.34. The molecule has 0 unspecified atom stereocenters. The van der Waals surface area contributed by atoms with Crippen molar-refractivity contribution in [2.24, 2.45) is 5.92 Å². The van der Waals surface area contributed by atoms with Gasteiger partial charge in [0.15, 0.2) is 0 Å². The molecule has 0 fully saturated rings. The Hall–Kier alpha value is -1.30. The molecule has 0 aliphatic rings. The smallest absolute Gasteiger partial charge is 0.407 e. The topological polar surface area (TPSA) is 67.9 Å². The minimum absolute atomic E-state index is 0.164. The van der Waals surface area contributed by atoms with Crippen molar-refractivity contribution in [3.63, 3.8) is 0 Å². The van der Waals surface area contributed by atoms with Gasteiger partial charge in [-0.05, 0) is 26.7 Å². The van der Waals surface area contributed by atoms with Crippen LogP contribution in [0.25, 0.3) is 0 Å². The Bertz CT molecular complexity index is 326. The molecule has 1 N–H and O–H groups in total. The van der Waals surface area contributed by atoms with Gasteiger partial charge in [-0.25, -0.2) is 9.86 Å². The molecule has 6 nitrogen and oxygen atoms in total. The Balaban J connectivity index is 4.66. The van der Waals surface area contributed by atoms with Gasteiger partial charge in [-0.2, -0.15) is 0 Å². The number of hydroxylamine groups is 2. The van der Waals surface area contributed by atoms with E-state index < -0.39 is 11.7 Å². The fourth-order valence-corrected chi connectivity index (χ4v) is 1.56. The Morgan fingerprint density at radius 1 is 1.30 bits per heavy atom. The molecule has 118 valence electrons. The first kappa shape index (κ1) is 18.7. The minimum atomic E-state index is -0.558. The molecule has 0 spiro atoms. The normalized spacial score (nSPS) is 14.3. The van der Waals surface area contributed by atoms with Gasteiger partial charge in [0.1, 0.15) is 5.60 Å². The third-order valence-corrected chi connectivity index (χ3v) is 3.05. The van der Waals surface area contributed by atoms with E-state index in [1.807, 2.05) is 13.8 Å². The maximum Gasteiger partial charge on any atom is 0.407 e. The van der Waals surface area contributed by atoms with Gasteiger partial charge in [0, 0.05) is 19.5 Å². The fraction of sp³-hybridized carbons (Fsp3) is 0.857. The number of amides is 2. The molecule has 0 aromatic carbocycles. The quantitative estimate of drug-likeness (QED) is 0.762. The minimum Gasteiger partial charge on any atom is -0.444 e. The SMILES string of the molecule is CC[C@H](C)[C@H](CC(=O)N(C)OC)NC(=O)OC(C)(C)C. The zero-order valence-corrected chi connectivity index (χ0v) is 13.6. The third-order valence-electron chi connectivity index (χ3n) is 3.05. The highest BCUT2D eigenvalue weighted by atomic mass is 16.7. The molecule has 20 heavy (non-hydrogen) atoms. The summed E-state index contributed by atoms with van der Waals surface area (Å²) in [6.45, 7) is 9.40. The van der Waals surface area contributed by atoms with Crippen molar-refractivity contribution in [1.29, 1.82) is 0 Å². The van der Waals surface area contributed by atoms with Gasteiger partial charge in [-0.15, -0.1) is 0 Å². The first-order chi connectivity index (χ1) is 9.10. The van der Waals surface area contributed by atoms with E-state index in [0.717, 1.165) is 11.5 Å². The second kappa shape index (κ2) is 8.09. The molecule has 6 heteroatoms. The third kappa shape index (κ3) is 7.33. The van der Waals surface area contributed by atoms with E-state index in [9.17, 15) is 9.59 Å². The lowest BCUT2D eigenvalue weighted by molar-refractivity contribution is -0.169. The van der Waals surface area contributed by atoms with Gasteiger partial charge in [0.05, 0.1) is 7.11 Å². The monoisotopic (exact) mass is 288 g/mol. The number of carbonyl (C=O) groups excluding carboxylic acids is 2. The molecule has 0 rings (SSSR count). The summed E-state index contributed by atoms with van der Waals surface area (Å²) in [5.41, 5.74) is -0.558. The Morgan fingerprint density at radius 2 is 1.85 bits per heavy atom. The van der Waals surface area contributed by atoms with Crippen LogP contribution in [0, 0.1) is 5.92 Å².